The van der Waals surface area contributed by atoms with Gasteiger partial charge < -0.3 is 15.0 Å². The minimum atomic E-state index is -4.99. The second kappa shape index (κ2) is 9.25. The van der Waals surface area contributed by atoms with Crippen molar-refractivity contribution in [3.8, 4) is 5.75 Å². The van der Waals surface area contributed by atoms with Gasteiger partial charge in [0.05, 0.1) is 0 Å². The molecule has 0 aromatic heterocycles. The number of piperidine rings is 1. The number of benzene rings is 1. The molecule has 0 spiro atoms. The molecule has 1 saturated heterocycles. The molecule has 1 aromatic rings. The van der Waals surface area contributed by atoms with Gasteiger partial charge in [-0.3, -0.25) is 9.59 Å². The Balaban J connectivity index is 1.83. The average Bonchev–Trinajstić information content (AvgIpc) is 2.62. The molecule has 0 aliphatic carbocycles. The van der Waals surface area contributed by atoms with E-state index in [1.165, 1.54) is 0 Å². The third-order valence-corrected chi connectivity index (χ3v) is 4.88. The standard InChI is InChI=1S/C19H24F4N2O3/c1-3-12(2)18(27)25-8-6-13(7-9-25)10-17(26)24-14-4-5-16(15(20)11-14)28-19(21,22)23/h4-5,11-13H,3,6-10H2,1-2H3,(H,24,26). The molecule has 0 radical (unpaired) electrons. The Kier molecular flexibility index (Phi) is 7.26. The van der Waals surface area contributed by atoms with Gasteiger partial charge in [-0.05, 0) is 37.3 Å². The lowest BCUT2D eigenvalue weighted by atomic mass is 9.92. The van der Waals surface area contributed by atoms with Crippen LogP contribution in [0, 0.1) is 17.7 Å². The largest absolute Gasteiger partial charge is 0.573 e. The molecule has 1 fully saturated rings. The summed E-state index contributed by atoms with van der Waals surface area (Å²) in [5.74, 6) is -2.31. The number of alkyl halides is 3. The second-order valence-electron chi connectivity index (χ2n) is 7.02. The summed E-state index contributed by atoms with van der Waals surface area (Å²) in [4.78, 5) is 26.1. The normalized spacial score (nSPS) is 16.6. The number of amides is 2. The van der Waals surface area contributed by atoms with Gasteiger partial charge in [-0.25, -0.2) is 4.39 Å². The maximum atomic E-state index is 13.7. The van der Waals surface area contributed by atoms with Gasteiger partial charge in [0.25, 0.3) is 0 Å². The van der Waals surface area contributed by atoms with Gasteiger partial charge in [0, 0.05) is 37.2 Å². The van der Waals surface area contributed by atoms with Gasteiger partial charge in [0.15, 0.2) is 11.6 Å². The molecule has 156 valence electrons. The number of rotatable bonds is 6. The molecule has 1 aromatic carbocycles. The van der Waals surface area contributed by atoms with Crippen LogP contribution < -0.4 is 10.1 Å². The summed E-state index contributed by atoms with van der Waals surface area (Å²) >= 11 is 0. The Bertz CT molecular complexity index is 701. The van der Waals surface area contributed by atoms with Crippen molar-refractivity contribution in [3.63, 3.8) is 0 Å². The third kappa shape index (κ3) is 6.38. The van der Waals surface area contributed by atoms with E-state index in [2.05, 4.69) is 10.1 Å². The van der Waals surface area contributed by atoms with Crippen LogP contribution in [-0.2, 0) is 9.59 Å². The van der Waals surface area contributed by atoms with Crippen molar-refractivity contribution in [2.75, 3.05) is 18.4 Å². The fourth-order valence-corrected chi connectivity index (χ4v) is 3.10. The van der Waals surface area contributed by atoms with E-state index in [9.17, 15) is 27.2 Å². The van der Waals surface area contributed by atoms with Gasteiger partial charge in [-0.2, -0.15) is 0 Å². The van der Waals surface area contributed by atoms with E-state index < -0.39 is 17.9 Å². The van der Waals surface area contributed by atoms with Crippen LogP contribution in [0.2, 0.25) is 0 Å². The number of likely N-dealkylation sites (tertiary alicyclic amines) is 1. The molecule has 1 atom stereocenters. The lowest BCUT2D eigenvalue weighted by Crippen LogP contribution is -2.41. The minimum Gasteiger partial charge on any atom is -0.403 e. The minimum absolute atomic E-state index is 0.0148. The van der Waals surface area contributed by atoms with Crippen LogP contribution in [0.25, 0.3) is 0 Å². The molecule has 1 unspecified atom stereocenters. The number of nitrogens with zero attached hydrogens (tertiary/aromatic N) is 1. The maximum Gasteiger partial charge on any atom is 0.573 e. The second-order valence-corrected chi connectivity index (χ2v) is 7.02. The first-order chi connectivity index (χ1) is 13.1. The van der Waals surface area contributed by atoms with Crippen LogP contribution in [0.4, 0.5) is 23.2 Å². The third-order valence-electron chi connectivity index (χ3n) is 4.88. The number of carbonyl (C=O) groups is 2. The molecule has 28 heavy (non-hydrogen) atoms. The Labute approximate surface area is 161 Å². The van der Waals surface area contributed by atoms with Crippen molar-refractivity contribution in [1.29, 1.82) is 0 Å². The number of anilines is 1. The van der Waals surface area contributed by atoms with E-state index in [1.54, 1.807) is 0 Å². The first kappa shape index (κ1) is 22.0. The average molecular weight is 404 g/mol. The van der Waals surface area contributed by atoms with Crippen LogP contribution in [0.1, 0.15) is 39.5 Å². The molecule has 0 saturated carbocycles. The van der Waals surface area contributed by atoms with E-state index in [0.29, 0.717) is 25.9 Å². The molecule has 5 nitrogen and oxygen atoms in total. The number of hydrogen-bond donors (Lipinski definition) is 1. The van der Waals surface area contributed by atoms with Crippen molar-refractivity contribution in [2.24, 2.45) is 11.8 Å². The van der Waals surface area contributed by atoms with E-state index in [0.717, 1.165) is 24.6 Å². The van der Waals surface area contributed by atoms with Crippen molar-refractivity contribution in [3.05, 3.63) is 24.0 Å². The van der Waals surface area contributed by atoms with Crippen molar-refractivity contribution < 1.29 is 31.9 Å². The van der Waals surface area contributed by atoms with E-state index in [1.807, 2.05) is 18.7 Å². The molecule has 9 heteroatoms. The zero-order chi connectivity index (χ0) is 20.9. The van der Waals surface area contributed by atoms with Crippen LogP contribution in [0.3, 0.4) is 0 Å². The lowest BCUT2D eigenvalue weighted by Gasteiger charge is -2.33. The van der Waals surface area contributed by atoms with Crippen molar-refractivity contribution >= 4 is 17.5 Å². The highest BCUT2D eigenvalue weighted by molar-refractivity contribution is 5.91. The molecule has 1 aliphatic heterocycles. The summed E-state index contributed by atoms with van der Waals surface area (Å²) in [6.07, 6.45) is -2.61. The fourth-order valence-electron chi connectivity index (χ4n) is 3.10. The van der Waals surface area contributed by atoms with Crippen LogP contribution in [-0.4, -0.2) is 36.2 Å². The molecular formula is C19H24F4N2O3. The number of nitrogens with one attached hydrogen (secondary N) is 1. The highest BCUT2D eigenvalue weighted by atomic mass is 19.4. The van der Waals surface area contributed by atoms with Gasteiger partial charge in [-0.1, -0.05) is 13.8 Å². The van der Waals surface area contributed by atoms with Gasteiger partial charge in [0.1, 0.15) is 0 Å². The van der Waals surface area contributed by atoms with Gasteiger partial charge in [-0.15, -0.1) is 13.2 Å². The molecule has 0 bridgehead atoms. The molecule has 1 N–H and O–H groups in total. The number of ether oxygens (including phenoxy) is 1. The molecule has 2 rings (SSSR count). The quantitative estimate of drug-likeness (QED) is 0.718. The summed E-state index contributed by atoms with van der Waals surface area (Å²) < 4.78 is 53.7. The van der Waals surface area contributed by atoms with E-state index in [4.69, 9.17) is 0 Å². The molecular weight excluding hydrogens is 380 g/mol. The summed E-state index contributed by atoms with van der Waals surface area (Å²) in [6.45, 7) is 5.05. The highest BCUT2D eigenvalue weighted by Gasteiger charge is 2.32. The van der Waals surface area contributed by atoms with Gasteiger partial charge in [0.2, 0.25) is 11.8 Å². The molecule has 1 aliphatic rings. The first-order valence-electron chi connectivity index (χ1n) is 9.23. The van der Waals surface area contributed by atoms with E-state index in [-0.39, 0.29) is 35.8 Å². The summed E-state index contributed by atoms with van der Waals surface area (Å²) in [5.41, 5.74) is 0.0569. The van der Waals surface area contributed by atoms with Gasteiger partial charge >= 0.3 is 6.36 Å². The number of halogens is 4. The maximum absolute atomic E-state index is 13.7. The smallest absolute Gasteiger partial charge is 0.403 e. The summed E-state index contributed by atoms with van der Waals surface area (Å²) in [5, 5.41) is 2.49. The fraction of sp³-hybridized carbons (Fsp3) is 0.579. The SMILES string of the molecule is CCC(C)C(=O)N1CCC(CC(=O)Nc2ccc(OC(F)(F)F)c(F)c2)CC1. The number of hydrogen-bond acceptors (Lipinski definition) is 3. The first-order valence-corrected chi connectivity index (χ1v) is 9.23. The van der Waals surface area contributed by atoms with Crippen molar-refractivity contribution in [1.82, 2.24) is 4.90 Å². The summed E-state index contributed by atoms with van der Waals surface area (Å²) in [6, 6.07) is 2.75. The Morgan fingerprint density at radius 2 is 1.93 bits per heavy atom. The van der Waals surface area contributed by atoms with Crippen LogP contribution in [0.15, 0.2) is 18.2 Å². The Morgan fingerprint density at radius 3 is 2.46 bits per heavy atom. The predicted octanol–water partition coefficient (Wildman–Crippen LogP) is 4.34. The predicted molar refractivity (Wildman–Crippen MR) is 95.1 cm³/mol. The summed E-state index contributed by atoms with van der Waals surface area (Å²) in [7, 11) is 0. The topological polar surface area (TPSA) is 58.6 Å². The number of carbonyl (C=O) groups excluding carboxylic acids is 2. The molecule has 2 amide bonds. The van der Waals surface area contributed by atoms with Crippen molar-refractivity contribution in [2.45, 2.75) is 45.9 Å². The monoisotopic (exact) mass is 404 g/mol. The Hall–Kier alpha value is -2.32. The highest BCUT2D eigenvalue weighted by Crippen LogP contribution is 2.28. The van der Waals surface area contributed by atoms with E-state index >= 15 is 0 Å². The lowest BCUT2D eigenvalue weighted by molar-refractivity contribution is -0.275. The van der Waals surface area contributed by atoms with Crippen LogP contribution in [0.5, 0.6) is 5.75 Å². The zero-order valence-electron chi connectivity index (χ0n) is 15.8. The zero-order valence-corrected chi connectivity index (χ0v) is 15.8. The van der Waals surface area contributed by atoms with Crippen LogP contribution >= 0.6 is 0 Å². The Morgan fingerprint density at radius 1 is 1.29 bits per heavy atom. The molecule has 1 heterocycles.